The smallest absolute Gasteiger partial charge is 0.355 e. The molecule has 0 aliphatic carbocycles. The van der Waals surface area contributed by atoms with E-state index in [0.717, 1.165) is 15.7 Å². The molecule has 0 spiro atoms. The summed E-state index contributed by atoms with van der Waals surface area (Å²) in [7, 11) is 0. The van der Waals surface area contributed by atoms with Gasteiger partial charge in [0.2, 0.25) is 0 Å². The number of aryl methyl sites for hydroxylation is 1. The first-order valence-corrected chi connectivity index (χ1v) is 8.08. The van der Waals surface area contributed by atoms with Gasteiger partial charge in [-0.15, -0.1) is 0 Å². The number of rotatable bonds is 5. The number of halogens is 1. The van der Waals surface area contributed by atoms with E-state index in [0.29, 0.717) is 12.2 Å². The predicted molar refractivity (Wildman–Crippen MR) is 90.5 cm³/mol. The number of esters is 1. The summed E-state index contributed by atoms with van der Waals surface area (Å²) in [5.74, 6) is -0.325. The molecule has 6 heteroatoms. The van der Waals surface area contributed by atoms with Crippen LogP contribution in [0.3, 0.4) is 0 Å². The van der Waals surface area contributed by atoms with Gasteiger partial charge in [0, 0.05) is 29.6 Å². The molecule has 0 saturated heterocycles. The summed E-state index contributed by atoms with van der Waals surface area (Å²) in [5, 5.41) is 4.18. The molecule has 0 aliphatic heterocycles. The molecule has 0 atom stereocenters. The number of carbonyl (C=O) groups is 1. The maximum Gasteiger partial charge on any atom is 0.355 e. The third-order valence-electron chi connectivity index (χ3n) is 3.49. The molecule has 118 valence electrons. The zero-order chi connectivity index (χ0) is 16.2. The van der Waals surface area contributed by atoms with E-state index < -0.39 is 0 Å². The molecule has 0 fully saturated rings. The second-order valence-electron chi connectivity index (χ2n) is 5.02. The molecule has 3 rings (SSSR count). The molecule has 0 amide bonds. The summed E-state index contributed by atoms with van der Waals surface area (Å²) in [4.78, 5) is 12.2. The largest absolute Gasteiger partial charge is 0.456 e. The van der Waals surface area contributed by atoms with Gasteiger partial charge >= 0.3 is 5.97 Å². The van der Waals surface area contributed by atoms with Crippen molar-refractivity contribution >= 4 is 21.9 Å². The first-order chi connectivity index (χ1) is 11.2. The van der Waals surface area contributed by atoms with Gasteiger partial charge in [-0.2, -0.15) is 5.10 Å². The average Bonchev–Trinajstić information content (AvgIpc) is 3.22. The molecule has 0 N–H and O–H groups in total. The first kappa shape index (κ1) is 15.6. The van der Waals surface area contributed by atoms with Gasteiger partial charge in [0.1, 0.15) is 12.3 Å². The van der Waals surface area contributed by atoms with Crippen molar-refractivity contribution in [1.29, 1.82) is 0 Å². The van der Waals surface area contributed by atoms with Crippen LogP contribution in [0, 0.1) is 0 Å². The molecule has 23 heavy (non-hydrogen) atoms. The lowest BCUT2D eigenvalue weighted by molar-refractivity contribution is 0.0460. The summed E-state index contributed by atoms with van der Waals surface area (Å²) in [6.07, 6.45) is 5.48. The van der Waals surface area contributed by atoms with Crippen molar-refractivity contribution < 1.29 is 9.53 Å². The van der Waals surface area contributed by atoms with Crippen LogP contribution >= 0.6 is 15.9 Å². The molecule has 0 radical (unpaired) electrons. The van der Waals surface area contributed by atoms with Crippen LogP contribution in [0.5, 0.6) is 0 Å². The third-order valence-corrected chi connectivity index (χ3v) is 3.92. The molecular weight excluding hydrogens is 358 g/mol. The number of aromatic nitrogens is 3. The minimum absolute atomic E-state index is 0.241. The first-order valence-electron chi connectivity index (χ1n) is 7.29. The monoisotopic (exact) mass is 373 g/mol. The highest BCUT2D eigenvalue weighted by atomic mass is 79.9. The Balaban J connectivity index is 1.65. The van der Waals surface area contributed by atoms with Gasteiger partial charge in [0.05, 0.1) is 5.69 Å². The Hall–Kier alpha value is -2.34. The van der Waals surface area contributed by atoms with Gasteiger partial charge in [-0.1, -0.05) is 12.1 Å². The number of ether oxygens (including phenoxy) is 1. The van der Waals surface area contributed by atoms with Gasteiger partial charge in [0.15, 0.2) is 0 Å². The van der Waals surface area contributed by atoms with E-state index in [1.165, 1.54) is 0 Å². The zero-order valence-corrected chi connectivity index (χ0v) is 14.2. The molecule has 2 aromatic heterocycles. The minimum atomic E-state index is -0.325. The van der Waals surface area contributed by atoms with Crippen molar-refractivity contribution in [2.24, 2.45) is 0 Å². The molecule has 3 aromatic rings. The lowest BCUT2D eigenvalue weighted by Gasteiger charge is -2.08. The summed E-state index contributed by atoms with van der Waals surface area (Å²) in [5.41, 5.74) is 2.45. The zero-order valence-electron chi connectivity index (χ0n) is 12.6. The Morgan fingerprint density at radius 2 is 2.09 bits per heavy atom. The Bertz CT molecular complexity index is 792. The topological polar surface area (TPSA) is 49.0 Å². The number of hydrogen-bond donors (Lipinski definition) is 0. The molecular formula is C17H16BrN3O2. The summed E-state index contributed by atoms with van der Waals surface area (Å²) < 4.78 is 9.90. The standard InChI is InChI=1S/C17H16BrN3O2/c1-2-20-11-14(18)10-16(20)17(22)23-12-13-4-6-15(7-5-13)21-9-3-8-19-21/h3-11H,2,12H2,1H3. The summed E-state index contributed by atoms with van der Waals surface area (Å²) >= 11 is 3.38. The lowest BCUT2D eigenvalue weighted by atomic mass is 10.2. The molecule has 2 heterocycles. The SMILES string of the molecule is CCn1cc(Br)cc1C(=O)OCc1ccc(-n2cccn2)cc1. The van der Waals surface area contributed by atoms with Gasteiger partial charge in [-0.3, -0.25) is 0 Å². The molecule has 0 bridgehead atoms. The maximum atomic E-state index is 12.2. The quantitative estimate of drug-likeness (QED) is 0.638. The van der Waals surface area contributed by atoms with Crippen LogP contribution in [0.25, 0.3) is 5.69 Å². The predicted octanol–water partition coefficient (Wildman–Crippen LogP) is 3.81. The Morgan fingerprint density at radius 1 is 1.30 bits per heavy atom. The molecule has 0 aliphatic rings. The lowest BCUT2D eigenvalue weighted by Crippen LogP contribution is -2.11. The second kappa shape index (κ2) is 6.83. The number of benzene rings is 1. The fourth-order valence-electron chi connectivity index (χ4n) is 2.30. The van der Waals surface area contributed by atoms with Crippen LogP contribution in [0.1, 0.15) is 23.0 Å². The Labute approximate surface area is 142 Å². The number of nitrogens with zero attached hydrogens (tertiary/aromatic N) is 3. The van der Waals surface area contributed by atoms with E-state index in [1.807, 2.05) is 54.2 Å². The van der Waals surface area contributed by atoms with Crippen LogP contribution < -0.4 is 0 Å². The molecule has 0 unspecified atom stereocenters. The Morgan fingerprint density at radius 3 is 2.74 bits per heavy atom. The van der Waals surface area contributed by atoms with Gasteiger partial charge < -0.3 is 9.30 Å². The normalized spacial score (nSPS) is 10.7. The fourth-order valence-corrected chi connectivity index (χ4v) is 2.76. The average molecular weight is 374 g/mol. The highest BCUT2D eigenvalue weighted by Gasteiger charge is 2.13. The van der Waals surface area contributed by atoms with E-state index in [4.69, 9.17) is 4.74 Å². The van der Waals surface area contributed by atoms with Crippen molar-refractivity contribution in [1.82, 2.24) is 14.3 Å². The van der Waals surface area contributed by atoms with E-state index in [-0.39, 0.29) is 12.6 Å². The van der Waals surface area contributed by atoms with Crippen molar-refractivity contribution in [3.63, 3.8) is 0 Å². The minimum Gasteiger partial charge on any atom is -0.456 e. The third kappa shape index (κ3) is 3.53. The second-order valence-corrected chi connectivity index (χ2v) is 5.94. The van der Waals surface area contributed by atoms with Gasteiger partial charge in [-0.05, 0) is 52.7 Å². The van der Waals surface area contributed by atoms with E-state index in [9.17, 15) is 4.79 Å². The van der Waals surface area contributed by atoms with Crippen LogP contribution in [0.15, 0.2) is 59.5 Å². The molecule has 5 nitrogen and oxygen atoms in total. The van der Waals surface area contributed by atoms with Crippen molar-refractivity contribution in [3.8, 4) is 5.69 Å². The van der Waals surface area contributed by atoms with Crippen molar-refractivity contribution in [3.05, 3.63) is 70.7 Å². The van der Waals surface area contributed by atoms with Crippen LogP contribution in [-0.4, -0.2) is 20.3 Å². The summed E-state index contributed by atoms with van der Waals surface area (Å²) in [6.45, 7) is 2.94. The maximum absolute atomic E-state index is 12.2. The molecule has 0 saturated carbocycles. The highest BCUT2D eigenvalue weighted by molar-refractivity contribution is 9.10. The van der Waals surface area contributed by atoms with Gasteiger partial charge in [-0.25, -0.2) is 9.48 Å². The molecule has 1 aromatic carbocycles. The number of carbonyl (C=O) groups excluding carboxylic acids is 1. The van der Waals surface area contributed by atoms with Gasteiger partial charge in [0.25, 0.3) is 0 Å². The summed E-state index contributed by atoms with van der Waals surface area (Å²) in [6, 6.07) is 11.4. The van der Waals surface area contributed by atoms with E-state index in [2.05, 4.69) is 21.0 Å². The van der Waals surface area contributed by atoms with Crippen molar-refractivity contribution in [2.45, 2.75) is 20.1 Å². The van der Waals surface area contributed by atoms with E-state index in [1.54, 1.807) is 16.9 Å². The Kier molecular flexibility index (Phi) is 4.62. The number of hydrogen-bond acceptors (Lipinski definition) is 3. The fraction of sp³-hybridized carbons (Fsp3) is 0.176. The highest BCUT2D eigenvalue weighted by Crippen LogP contribution is 2.17. The van der Waals surface area contributed by atoms with Crippen molar-refractivity contribution in [2.75, 3.05) is 0 Å². The van der Waals surface area contributed by atoms with E-state index >= 15 is 0 Å². The van der Waals surface area contributed by atoms with Crippen LogP contribution in [0.2, 0.25) is 0 Å². The van der Waals surface area contributed by atoms with Crippen LogP contribution in [-0.2, 0) is 17.9 Å². The van der Waals surface area contributed by atoms with Crippen LogP contribution in [0.4, 0.5) is 0 Å².